The Bertz CT molecular complexity index is 2890. The molecule has 0 atom stereocenters. The van der Waals surface area contributed by atoms with E-state index in [4.69, 9.17) is 4.42 Å². The van der Waals surface area contributed by atoms with Crippen LogP contribution < -0.4 is 4.90 Å². The Hall–Kier alpha value is -6.90. The first-order chi connectivity index (χ1) is 25.8. The first-order valence-electron chi connectivity index (χ1n) is 17.8. The standard InChI is InChI=1S/C50H33NO/c1-3-12-36(13-4-1)44-29-27-43(33-47(44)40-20-19-34-11-7-8-15-38(34)31-40)51(41-16-5-2-6-17-41)42-25-21-35(22-26-42)39-23-28-46-49(32-39)52-48-30-24-37-14-9-10-18-45(37)50(46)48/h1-33H. The molecule has 244 valence electrons. The minimum atomic E-state index is 0.901. The highest BCUT2D eigenvalue weighted by Gasteiger charge is 2.17. The highest BCUT2D eigenvalue weighted by molar-refractivity contribution is 6.19. The predicted octanol–water partition coefficient (Wildman–Crippen LogP) is 14.4. The second kappa shape index (κ2) is 12.5. The molecule has 2 nitrogen and oxygen atoms in total. The van der Waals surface area contributed by atoms with Crippen molar-refractivity contribution in [1.82, 2.24) is 0 Å². The number of para-hydroxylation sites is 1. The summed E-state index contributed by atoms with van der Waals surface area (Å²) in [5.74, 6) is 0. The SMILES string of the molecule is c1ccc(-c2ccc(N(c3ccccc3)c3ccc(-c4ccc5c(c4)oc4ccc6ccccc6c45)cc3)cc2-c2ccc3ccccc3c2)cc1. The fourth-order valence-corrected chi connectivity index (χ4v) is 7.69. The maximum absolute atomic E-state index is 6.40. The topological polar surface area (TPSA) is 16.4 Å². The fourth-order valence-electron chi connectivity index (χ4n) is 7.69. The number of benzene rings is 9. The lowest BCUT2D eigenvalue weighted by molar-refractivity contribution is 0.669. The Balaban J connectivity index is 1.07. The van der Waals surface area contributed by atoms with Gasteiger partial charge in [-0.2, -0.15) is 0 Å². The van der Waals surface area contributed by atoms with E-state index in [0.717, 1.165) is 44.7 Å². The Morgan fingerprint density at radius 3 is 1.77 bits per heavy atom. The lowest BCUT2D eigenvalue weighted by Crippen LogP contribution is -2.10. The van der Waals surface area contributed by atoms with E-state index in [1.165, 1.54) is 49.2 Å². The zero-order valence-corrected chi connectivity index (χ0v) is 28.4. The lowest BCUT2D eigenvalue weighted by Gasteiger charge is -2.27. The van der Waals surface area contributed by atoms with Crippen LogP contribution in [0.25, 0.3) is 76.9 Å². The van der Waals surface area contributed by atoms with E-state index in [1.54, 1.807) is 0 Å². The van der Waals surface area contributed by atoms with Crippen molar-refractivity contribution in [2.75, 3.05) is 4.90 Å². The molecule has 0 unspecified atom stereocenters. The van der Waals surface area contributed by atoms with Crippen molar-refractivity contribution in [3.05, 3.63) is 200 Å². The number of rotatable bonds is 6. The van der Waals surface area contributed by atoms with Gasteiger partial charge < -0.3 is 9.32 Å². The minimum Gasteiger partial charge on any atom is -0.456 e. The van der Waals surface area contributed by atoms with Gasteiger partial charge in [-0.3, -0.25) is 0 Å². The molecule has 9 aromatic carbocycles. The second-order valence-electron chi connectivity index (χ2n) is 13.3. The molecule has 0 amide bonds. The molecule has 0 bridgehead atoms. The highest BCUT2D eigenvalue weighted by Crippen LogP contribution is 2.42. The summed E-state index contributed by atoms with van der Waals surface area (Å²) in [4.78, 5) is 2.34. The number of hydrogen-bond acceptors (Lipinski definition) is 2. The van der Waals surface area contributed by atoms with Gasteiger partial charge in [-0.05, 0) is 116 Å². The number of hydrogen-bond donors (Lipinski definition) is 0. The van der Waals surface area contributed by atoms with Crippen LogP contribution in [-0.2, 0) is 0 Å². The van der Waals surface area contributed by atoms with Crippen LogP contribution in [0.4, 0.5) is 17.1 Å². The Morgan fingerprint density at radius 2 is 0.942 bits per heavy atom. The third-order valence-corrected chi connectivity index (χ3v) is 10.2. The molecule has 0 aliphatic carbocycles. The van der Waals surface area contributed by atoms with E-state index >= 15 is 0 Å². The van der Waals surface area contributed by atoms with E-state index in [1.807, 2.05) is 0 Å². The van der Waals surface area contributed by atoms with Gasteiger partial charge in [0, 0.05) is 27.8 Å². The summed E-state index contributed by atoms with van der Waals surface area (Å²) in [5, 5.41) is 7.23. The van der Waals surface area contributed by atoms with Crippen molar-refractivity contribution in [2.24, 2.45) is 0 Å². The van der Waals surface area contributed by atoms with Crippen LogP contribution in [0, 0.1) is 0 Å². The van der Waals surface area contributed by atoms with E-state index in [-0.39, 0.29) is 0 Å². The molecule has 0 radical (unpaired) electrons. The fraction of sp³-hybridized carbons (Fsp3) is 0. The maximum Gasteiger partial charge on any atom is 0.136 e. The van der Waals surface area contributed by atoms with Crippen LogP contribution in [0.3, 0.4) is 0 Å². The molecule has 10 rings (SSSR count). The molecule has 10 aromatic rings. The van der Waals surface area contributed by atoms with Crippen LogP contribution in [-0.4, -0.2) is 0 Å². The van der Waals surface area contributed by atoms with E-state index < -0.39 is 0 Å². The second-order valence-corrected chi connectivity index (χ2v) is 13.3. The van der Waals surface area contributed by atoms with Gasteiger partial charge >= 0.3 is 0 Å². The van der Waals surface area contributed by atoms with Gasteiger partial charge in [0.05, 0.1) is 0 Å². The maximum atomic E-state index is 6.40. The normalized spacial score (nSPS) is 11.5. The summed E-state index contributed by atoms with van der Waals surface area (Å²) in [7, 11) is 0. The first-order valence-corrected chi connectivity index (χ1v) is 17.8. The molecular weight excluding hydrogens is 631 g/mol. The molecule has 0 N–H and O–H groups in total. The van der Waals surface area contributed by atoms with Gasteiger partial charge in [-0.1, -0.05) is 140 Å². The number of anilines is 3. The lowest BCUT2D eigenvalue weighted by atomic mass is 9.92. The van der Waals surface area contributed by atoms with Crippen molar-refractivity contribution < 1.29 is 4.42 Å². The summed E-state index contributed by atoms with van der Waals surface area (Å²) in [6.45, 7) is 0. The molecule has 0 fully saturated rings. The summed E-state index contributed by atoms with van der Waals surface area (Å²) < 4.78 is 6.40. The molecule has 0 saturated heterocycles. The molecule has 0 spiro atoms. The summed E-state index contributed by atoms with van der Waals surface area (Å²) in [6, 6.07) is 71.7. The molecular formula is C50H33NO. The predicted molar refractivity (Wildman–Crippen MR) is 220 cm³/mol. The van der Waals surface area contributed by atoms with Gasteiger partial charge in [0.1, 0.15) is 11.2 Å². The van der Waals surface area contributed by atoms with Crippen LogP contribution in [0.5, 0.6) is 0 Å². The molecule has 52 heavy (non-hydrogen) atoms. The Morgan fingerprint density at radius 1 is 0.308 bits per heavy atom. The average molecular weight is 664 g/mol. The smallest absolute Gasteiger partial charge is 0.136 e. The number of furan rings is 1. The average Bonchev–Trinajstić information content (AvgIpc) is 3.60. The molecule has 1 heterocycles. The van der Waals surface area contributed by atoms with Crippen molar-refractivity contribution in [3.8, 4) is 33.4 Å². The molecule has 0 aliphatic rings. The third-order valence-electron chi connectivity index (χ3n) is 10.2. The summed E-state index contributed by atoms with van der Waals surface area (Å²) >= 11 is 0. The van der Waals surface area contributed by atoms with Gasteiger partial charge in [0.2, 0.25) is 0 Å². The monoisotopic (exact) mass is 663 g/mol. The van der Waals surface area contributed by atoms with E-state index in [9.17, 15) is 0 Å². The molecule has 0 aliphatic heterocycles. The Kier molecular flexibility index (Phi) is 7.18. The quantitative estimate of drug-likeness (QED) is 0.176. The minimum absolute atomic E-state index is 0.901. The number of nitrogens with zero attached hydrogens (tertiary/aromatic N) is 1. The first kappa shape index (κ1) is 30.0. The van der Waals surface area contributed by atoms with Gasteiger partial charge in [0.25, 0.3) is 0 Å². The molecule has 2 heteroatoms. The van der Waals surface area contributed by atoms with E-state index in [0.29, 0.717) is 0 Å². The van der Waals surface area contributed by atoms with Gasteiger partial charge in [-0.25, -0.2) is 0 Å². The highest BCUT2D eigenvalue weighted by atomic mass is 16.3. The van der Waals surface area contributed by atoms with Crippen LogP contribution in [0.15, 0.2) is 205 Å². The zero-order valence-electron chi connectivity index (χ0n) is 28.4. The zero-order chi connectivity index (χ0) is 34.4. The molecule has 1 aromatic heterocycles. The molecule has 0 saturated carbocycles. The number of fused-ring (bicyclic) bond motifs is 6. The van der Waals surface area contributed by atoms with Crippen LogP contribution >= 0.6 is 0 Å². The van der Waals surface area contributed by atoms with Crippen LogP contribution in [0.1, 0.15) is 0 Å². The van der Waals surface area contributed by atoms with Gasteiger partial charge in [-0.15, -0.1) is 0 Å². The van der Waals surface area contributed by atoms with Crippen molar-refractivity contribution in [3.63, 3.8) is 0 Å². The summed E-state index contributed by atoms with van der Waals surface area (Å²) in [6.07, 6.45) is 0. The Labute approximate surface area is 302 Å². The third kappa shape index (κ3) is 5.21. The van der Waals surface area contributed by atoms with Crippen molar-refractivity contribution >= 4 is 60.5 Å². The largest absolute Gasteiger partial charge is 0.456 e. The van der Waals surface area contributed by atoms with Gasteiger partial charge in [0.15, 0.2) is 0 Å². The van der Waals surface area contributed by atoms with Crippen molar-refractivity contribution in [2.45, 2.75) is 0 Å². The summed E-state index contributed by atoms with van der Waals surface area (Å²) in [5.41, 5.74) is 12.2. The van der Waals surface area contributed by atoms with Crippen LogP contribution in [0.2, 0.25) is 0 Å². The van der Waals surface area contributed by atoms with Crippen molar-refractivity contribution in [1.29, 1.82) is 0 Å². The van der Waals surface area contributed by atoms with E-state index in [2.05, 4.69) is 205 Å².